The number of ketones is 1. The first-order chi connectivity index (χ1) is 14.0. The molecule has 0 aliphatic carbocycles. The Labute approximate surface area is 173 Å². The Kier molecular flexibility index (Phi) is 5.64. The number of carbonyl (C=O) groups is 3. The Morgan fingerprint density at radius 1 is 1.07 bits per heavy atom. The van der Waals surface area contributed by atoms with Crippen LogP contribution in [-0.2, 0) is 20.9 Å². The van der Waals surface area contributed by atoms with Crippen LogP contribution in [0.4, 0.5) is 5.95 Å². The molecule has 0 radical (unpaired) electrons. The highest BCUT2D eigenvalue weighted by Crippen LogP contribution is 2.27. The van der Waals surface area contributed by atoms with Crippen LogP contribution >= 0.6 is 0 Å². The lowest BCUT2D eigenvalue weighted by Crippen LogP contribution is -2.26. The fourth-order valence-corrected chi connectivity index (χ4v) is 2.93. The number of Topliss-reactive ketones (excluding diaryl/α,β-unsaturated/α-hetero) is 1. The molecule has 1 aromatic carbocycles. The highest BCUT2D eigenvalue weighted by Gasteiger charge is 2.20. The van der Waals surface area contributed by atoms with Crippen molar-refractivity contribution < 1.29 is 19.1 Å². The maximum atomic E-state index is 12.2. The lowest BCUT2D eigenvalue weighted by Gasteiger charge is -2.19. The largest absolute Gasteiger partial charge is 0.459 e. The van der Waals surface area contributed by atoms with Crippen LogP contribution in [0.1, 0.15) is 45.1 Å². The topological polar surface area (TPSA) is 116 Å². The van der Waals surface area contributed by atoms with Gasteiger partial charge in [-0.1, -0.05) is 6.07 Å². The zero-order valence-electron chi connectivity index (χ0n) is 17.5. The van der Waals surface area contributed by atoms with E-state index in [4.69, 9.17) is 4.74 Å². The number of hydrogen-bond donors (Lipinski definition) is 1. The van der Waals surface area contributed by atoms with Crippen molar-refractivity contribution in [2.45, 2.75) is 46.8 Å². The average Bonchev–Trinajstić information content (AvgIpc) is 2.98. The molecule has 0 atom stereocenters. The second kappa shape index (κ2) is 8.02. The zero-order valence-corrected chi connectivity index (χ0v) is 17.5. The molecule has 0 aliphatic heterocycles. The van der Waals surface area contributed by atoms with Crippen molar-refractivity contribution in [2.75, 3.05) is 5.32 Å². The number of nitrogens with one attached hydrogen (secondary N) is 1. The van der Waals surface area contributed by atoms with Gasteiger partial charge in [-0.25, -0.2) is 9.97 Å². The molecule has 1 amide bonds. The van der Waals surface area contributed by atoms with E-state index in [0.29, 0.717) is 16.5 Å². The summed E-state index contributed by atoms with van der Waals surface area (Å²) < 4.78 is 6.83. The van der Waals surface area contributed by atoms with Gasteiger partial charge in [-0.15, -0.1) is 0 Å². The first kappa shape index (κ1) is 21.1. The predicted octanol–water partition coefficient (Wildman–Crippen LogP) is 3.00. The van der Waals surface area contributed by atoms with Gasteiger partial charge >= 0.3 is 5.97 Å². The van der Waals surface area contributed by atoms with Crippen molar-refractivity contribution >= 4 is 34.5 Å². The second-order valence-electron chi connectivity index (χ2n) is 7.86. The number of aromatic nitrogens is 4. The summed E-state index contributed by atoms with van der Waals surface area (Å²) in [5.74, 6) is -0.694. The first-order valence-corrected chi connectivity index (χ1v) is 9.37. The van der Waals surface area contributed by atoms with Gasteiger partial charge in [-0.3, -0.25) is 24.4 Å². The van der Waals surface area contributed by atoms with Gasteiger partial charge in [-0.2, -0.15) is 5.10 Å². The van der Waals surface area contributed by atoms with Crippen LogP contribution in [0.25, 0.3) is 22.0 Å². The Bertz CT molecular complexity index is 1130. The summed E-state index contributed by atoms with van der Waals surface area (Å²) in [6, 6.07) is 5.42. The molecule has 9 nitrogen and oxygen atoms in total. The van der Waals surface area contributed by atoms with Gasteiger partial charge in [0.15, 0.2) is 5.78 Å². The third kappa shape index (κ3) is 4.86. The van der Waals surface area contributed by atoms with E-state index in [-0.39, 0.29) is 29.9 Å². The molecule has 156 valence electrons. The van der Waals surface area contributed by atoms with Crippen molar-refractivity contribution in [1.82, 2.24) is 19.7 Å². The smallest absolute Gasteiger partial charge is 0.328 e. The number of hydrogen-bond acceptors (Lipinski definition) is 7. The molecule has 0 saturated heterocycles. The number of fused-ring (bicyclic) bond motifs is 1. The Hall–Kier alpha value is -3.62. The minimum atomic E-state index is -0.611. The minimum Gasteiger partial charge on any atom is -0.459 e. The van der Waals surface area contributed by atoms with Gasteiger partial charge in [-0.05, 0) is 38.5 Å². The molecular weight excluding hydrogens is 386 g/mol. The third-order valence-corrected chi connectivity index (χ3v) is 4.06. The first-order valence-electron chi connectivity index (χ1n) is 9.37. The molecule has 0 bridgehead atoms. The standard InChI is InChI=1S/C21H23N5O4/c1-12(27)19-16-8-14(15-9-22-20(23-10-15)24-13(2)28)6-7-17(16)26(25-19)11-18(29)30-21(3,4)5/h6-10H,11H2,1-5H3,(H,22,23,24,28). The third-order valence-electron chi connectivity index (χ3n) is 4.06. The normalized spacial score (nSPS) is 11.4. The van der Waals surface area contributed by atoms with Gasteiger partial charge in [0, 0.05) is 37.2 Å². The summed E-state index contributed by atoms with van der Waals surface area (Å²) in [5.41, 5.74) is 1.79. The monoisotopic (exact) mass is 409 g/mol. The summed E-state index contributed by atoms with van der Waals surface area (Å²) in [6.45, 7) is 8.08. The van der Waals surface area contributed by atoms with Crippen LogP contribution < -0.4 is 5.32 Å². The quantitative estimate of drug-likeness (QED) is 0.508. The van der Waals surface area contributed by atoms with E-state index in [1.165, 1.54) is 18.5 Å². The van der Waals surface area contributed by atoms with E-state index in [1.54, 1.807) is 45.3 Å². The molecule has 3 rings (SSSR count). The molecule has 1 N–H and O–H groups in total. The number of esters is 1. The predicted molar refractivity (Wildman–Crippen MR) is 111 cm³/mol. The van der Waals surface area contributed by atoms with Gasteiger partial charge in [0.1, 0.15) is 17.8 Å². The second-order valence-corrected chi connectivity index (χ2v) is 7.86. The van der Waals surface area contributed by atoms with Crippen LogP contribution in [0.3, 0.4) is 0 Å². The molecule has 9 heteroatoms. The zero-order chi connectivity index (χ0) is 22.1. The fourth-order valence-electron chi connectivity index (χ4n) is 2.93. The van der Waals surface area contributed by atoms with Crippen molar-refractivity contribution in [3.63, 3.8) is 0 Å². The molecule has 2 aromatic heterocycles. The number of benzene rings is 1. The van der Waals surface area contributed by atoms with Gasteiger partial charge < -0.3 is 4.74 Å². The van der Waals surface area contributed by atoms with E-state index in [2.05, 4.69) is 20.4 Å². The van der Waals surface area contributed by atoms with Crippen LogP contribution in [0.15, 0.2) is 30.6 Å². The molecule has 0 unspecified atom stereocenters. The SMILES string of the molecule is CC(=O)Nc1ncc(-c2ccc3c(c2)c(C(C)=O)nn3CC(=O)OC(C)(C)C)cn1. The summed E-state index contributed by atoms with van der Waals surface area (Å²) >= 11 is 0. The van der Waals surface area contributed by atoms with Crippen molar-refractivity contribution in [3.8, 4) is 11.1 Å². The van der Waals surface area contributed by atoms with Crippen molar-refractivity contribution in [2.24, 2.45) is 0 Å². The Morgan fingerprint density at radius 2 is 1.73 bits per heavy atom. The lowest BCUT2D eigenvalue weighted by molar-refractivity contribution is -0.155. The Balaban J connectivity index is 1.97. The Morgan fingerprint density at radius 3 is 2.30 bits per heavy atom. The molecule has 30 heavy (non-hydrogen) atoms. The summed E-state index contributed by atoms with van der Waals surface area (Å²) in [6.07, 6.45) is 3.16. The summed E-state index contributed by atoms with van der Waals surface area (Å²) in [4.78, 5) is 43.7. The van der Waals surface area contributed by atoms with Crippen molar-refractivity contribution in [1.29, 1.82) is 0 Å². The van der Waals surface area contributed by atoms with E-state index in [0.717, 1.165) is 5.56 Å². The number of carbonyl (C=O) groups excluding carboxylic acids is 3. The molecule has 0 fully saturated rings. The van der Waals surface area contributed by atoms with Gasteiger partial charge in [0.05, 0.1) is 5.52 Å². The van der Waals surface area contributed by atoms with Crippen LogP contribution in [-0.4, -0.2) is 43.0 Å². The van der Waals surface area contributed by atoms with Crippen LogP contribution in [0.5, 0.6) is 0 Å². The minimum absolute atomic E-state index is 0.102. The van der Waals surface area contributed by atoms with E-state index >= 15 is 0 Å². The molecular formula is C21H23N5O4. The van der Waals surface area contributed by atoms with E-state index in [9.17, 15) is 14.4 Å². The number of ether oxygens (including phenoxy) is 1. The van der Waals surface area contributed by atoms with Gasteiger partial charge in [0.25, 0.3) is 0 Å². The highest BCUT2D eigenvalue weighted by atomic mass is 16.6. The maximum absolute atomic E-state index is 12.2. The molecule has 3 aromatic rings. The average molecular weight is 409 g/mol. The molecule has 2 heterocycles. The highest BCUT2D eigenvalue weighted by molar-refractivity contribution is 6.06. The molecule has 0 aliphatic rings. The summed E-state index contributed by atoms with van der Waals surface area (Å²) in [5, 5.41) is 7.46. The summed E-state index contributed by atoms with van der Waals surface area (Å²) in [7, 11) is 0. The number of rotatable bonds is 5. The van der Waals surface area contributed by atoms with Crippen molar-refractivity contribution in [3.05, 3.63) is 36.3 Å². The number of nitrogens with zero attached hydrogens (tertiary/aromatic N) is 4. The lowest BCUT2D eigenvalue weighted by atomic mass is 10.0. The number of amides is 1. The molecule has 0 saturated carbocycles. The molecule has 0 spiro atoms. The van der Waals surface area contributed by atoms with Gasteiger partial charge in [0.2, 0.25) is 11.9 Å². The maximum Gasteiger partial charge on any atom is 0.328 e. The fraction of sp³-hybridized carbons (Fsp3) is 0.333. The number of anilines is 1. The van der Waals surface area contributed by atoms with Crippen LogP contribution in [0, 0.1) is 0 Å². The van der Waals surface area contributed by atoms with Crippen LogP contribution in [0.2, 0.25) is 0 Å². The van der Waals surface area contributed by atoms with E-state index in [1.807, 2.05) is 6.07 Å². The van der Waals surface area contributed by atoms with E-state index < -0.39 is 11.6 Å².